The van der Waals surface area contributed by atoms with Crippen molar-refractivity contribution >= 4 is 5.91 Å². The van der Waals surface area contributed by atoms with Gasteiger partial charge in [-0.1, -0.05) is 42.5 Å². The summed E-state index contributed by atoms with van der Waals surface area (Å²) in [7, 11) is 4.06. The molecule has 2 aromatic carbocycles. The summed E-state index contributed by atoms with van der Waals surface area (Å²) >= 11 is 0. The third kappa shape index (κ3) is 5.08. The van der Waals surface area contributed by atoms with Gasteiger partial charge in [0.15, 0.2) is 0 Å². The summed E-state index contributed by atoms with van der Waals surface area (Å²) in [5.41, 5.74) is 3.38. The molecule has 0 radical (unpaired) electrons. The van der Waals surface area contributed by atoms with Crippen molar-refractivity contribution in [3.63, 3.8) is 0 Å². The SMILES string of the molecule is CN(C)CCCOc1ccc(C(C(=O)NO)c2ccccc2)cc1. The molecule has 1 atom stereocenters. The number of hydrogen-bond donors (Lipinski definition) is 2. The van der Waals surface area contributed by atoms with Crippen LogP contribution in [0.4, 0.5) is 0 Å². The monoisotopic (exact) mass is 328 g/mol. The van der Waals surface area contributed by atoms with Crippen molar-refractivity contribution in [1.29, 1.82) is 0 Å². The first kappa shape index (κ1) is 18.0. The summed E-state index contributed by atoms with van der Waals surface area (Å²) in [4.78, 5) is 14.2. The molecule has 2 rings (SSSR count). The Morgan fingerprint density at radius 2 is 1.71 bits per heavy atom. The standard InChI is InChI=1S/C19H24N2O3/c1-21(2)13-6-14-24-17-11-9-16(10-12-17)18(19(22)20-23)15-7-4-3-5-8-15/h3-5,7-12,18,23H,6,13-14H2,1-2H3,(H,20,22). The van der Waals surface area contributed by atoms with Gasteiger partial charge in [-0.15, -0.1) is 0 Å². The molecule has 0 saturated carbocycles. The van der Waals surface area contributed by atoms with E-state index in [-0.39, 0.29) is 0 Å². The fourth-order valence-corrected chi connectivity index (χ4v) is 2.53. The van der Waals surface area contributed by atoms with E-state index >= 15 is 0 Å². The van der Waals surface area contributed by atoms with Crippen molar-refractivity contribution in [1.82, 2.24) is 10.4 Å². The molecule has 2 aromatic rings. The molecule has 1 unspecified atom stereocenters. The third-order valence-corrected chi connectivity index (χ3v) is 3.74. The summed E-state index contributed by atoms with van der Waals surface area (Å²) < 4.78 is 5.71. The van der Waals surface area contributed by atoms with Gasteiger partial charge in [-0.25, -0.2) is 5.48 Å². The zero-order chi connectivity index (χ0) is 17.4. The highest BCUT2D eigenvalue weighted by molar-refractivity contribution is 5.86. The summed E-state index contributed by atoms with van der Waals surface area (Å²) in [6.07, 6.45) is 0.953. The van der Waals surface area contributed by atoms with Crippen molar-refractivity contribution < 1.29 is 14.7 Å². The fraction of sp³-hybridized carbons (Fsp3) is 0.316. The van der Waals surface area contributed by atoms with Gasteiger partial charge in [0, 0.05) is 6.54 Å². The third-order valence-electron chi connectivity index (χ3n) is 3.74. The number of benzene rings is 2. The average molecular weight is 328 g/mol. The Labute approximate surface area is 142 Å². The summed E-state index contributed by atoms with van der Waals surface area (Å²) in [5.74, 6) is -0.242. The van der Waals surface area contributed by atoms with E-state index in [0.29, 0.717) is 6.61 Å². The number of amides is 1. The highest BCUT2D eigenvalue weighted by Gasteiger charge is 2.22. The van der Waals surface area contributed by atoms with Crippen LogP contribution in [0, 0.1) is 0 Å². The van der Waals surface area contributed by atoms with E-state index in [2.05, 4.69) is 4.90 Å². The van der Waals surface area contributed by atoms with Gasteiger partial charge in [-0.05, 0) is 43.8 Å². The Morgan fingerprint density at radius 1 is 1.08 bits per heavy atom. The normalized spacial score (nSPS) is 12.0. The highest BCUT2D eigenvalue weighted by atomic mass is 16.5. The van der Waals surface area contributed by atoms with Crippen molar-refractivity contribution in [2.75, 3.05) is 27.2 Å². The zero-order valence-corrected chi connectivity index (χ0v) is 14.1. The Bertz CT molecular complexity index is 627. The number of hydrogen-bond acceptors (Lipinski definition) is 4. The number of hydroxylamine groups is 1. The van der Waals surface area contributed by atoms with Crippen molar-refractivity contribution in [2.45, 2.75) is 12.3 Å². The number of carbonyl (C=O) groups is 1. The van der Waals surface area contributed by atoms with E-state index in [1.807, 2.05) is 68.7 Å². The molecule has 0 aromatic heterocycles. The second kappa shape index (κ2) is 9.05. The van der Waals surface area contributed by atoms with Crippen LogP contribution in [0.2, 0.25) is 0 Å². The van der Waals surface area contributed by atoms with Gasteiger partial charge in [0.25, 0.3) is 5.91 Å². The van der Waals surface area contributed by atoms with Crippen molar-refractivity contribution in [3.8, 4) is 5.75 Å². The van der Waals surface area contributed by atoms with Crippen LogP contribution in [0.25, 0.3) is 0 Å². The van der Waals surface area contributed by atoms with Crippen LogP contribution in [0.3, 0.4) is 0 Å². The Balaban J connectivity index is 2.07. The molecule has 0 bridgehead atoms. The lowest BCUT2D eigenvalue weighted by Crippen LogP contribution is -2.27. The molecule has 2 N–H and O–H groups in total. The number of ether oxygens (including phenoxy) is 1. The van der Waals surface area contributed by atoms with Gasteiger partial charge in [0.2, 0.25) is 0 Å². The zero-order valence-electron chi connectivity index (χ0n) is 14.1. The number of nitrogens with one attached hydrogen (secondary N) is 1. The molecule has 0 fully saturated rings. The van der Waals surface area contributed by atoms with Crippen molar-refractivity contribution in [3.05, 3.63) is 65.7 Å². The minimum atomic E-state index is -0.556. The number of carbonyl (C=O) groups excluding carboxylic acids is 1. The molecule has 0 spiro atoms. The Hall–Kier alpha value is -2.37. The molecule has 0 heterocycles. The molecule has 0 aliphatic rings. The molecular weight excluding hydrogens is 304 g/mol. The van der Waals surface area contributed by atoms with Crippen LogP contribution < -0.4 is 10.2 Å². The Morgan fingerprint density at radius 3 is 2.29 bits per heavy atom. The maximum Gasteiger partial charge on any atom is 0.255 e. The first-order valence-electron chi connectivity index (χ1n) is 7.98. The van der Waals surface area contributed by atoms with Gasteiger partial charge >= 0.3 is 0 Å². The van der Waals surface area contributed by atoms with E-state index in [1.165, 1.54) is 0 Å². The minimum absolute atomic E-state index is 0.458. The maximum atomic E-state index is 12.1. The lowest BCUT2D eigenvalue weighted by molar-refractivity contribution is -0.129. The fourth-order valence-electron chi connectivity index (χ4n) is 2.53. The minimum Gasteiger partial charge on any atom is -0.494 e. The van der Waals surface area contributed by atoms with Crippen LogP contribution in [0.15, 0.2) is 54.6 Å². The van der Waals surface area contributed by atoms with Gasteiger partial charge in [0.1, 0.15) is 5.75 Å². The van der Waals surface area contributed by atoms with E-state index in [4.69, 9.17) is 9.94 Å². The Kier molecular flexibility index (Phi) is 6.78. The number of rotatable bonds is 8. The largest absolute Gasteiger partial charge is 0.494 e. The van der Waals surface area contributed by atoms with Gasteiger partial charge < -0.3 is 9.64 Å². The molecule has 0 aliphatic carbocycles. The molecule has 1 amide bonds. The molecular formula is C19H24N2O3. The topological polar surface area (TPSA) is 61.8 Å². The highest BCUT2D eigenvalue weighted by Crippen LogP contribution is 2.26. The molecule has 128 valence electrons. The van der Waals surface area contributed by atoms with Crippen molar-refractivity contribution in [2.24, 2.45) is 0 Å². The predicted molar refractivity (Wildman–Crippen MR) is 93.3 cm³/mol. The molecule has 0 saturated heterocycles. The lowest BCUT2D eigenvalue weighted by atomic mass is 9.91. The van der Waals surface area contributed by atoms with Crippen LogP contribution in [0.5, 0.6) is 5.75 Å². The van der Waals surface area contributed by atoms with E-state index in [9.17, 15) is 4.79 Å². The van der Waals surface area contributed by atoms with Gasteiger partial charge in [-0.3, -0.25) is 10.0 Å². The molecule has 0 aliphatic heterocycles. The van der Waals surface area contributed by atoms with Gasteiger partial charge in [-0.2, -0.15) is 0 Å². The maximum absolute atomic E-state index is 12.1. The molecule has 24 heavy (non-hydrogen) atoms. The van der Waals surface area contributed by atoms with Gasteiger partial charge in [0.05, 0.1) is 12.5 Å². The quantitative estimate of drug-likeness (QED) is 0.444. The van der Waals surface area contributed by atoms with Crippen LogP contribution in [0.1, 0.15) is 23.5 Å². The molecule has 5 heteroatoms. The van der Waals surface area contributed by atoms with E-state index in [1.54, 1.807) is 5.48 Å². The van der Waals surface area contributed by atoms with Crippen LogP contribution in [-0.2, 0) is 4.79 Å². The first-order valence-corrected chi connectivity index (χ1v) is 7.98. The predicted octanol–water partition coefficient (Wildman–Crippen LogP) is 2.65. The van der Waals surface area contributed by atoms with Crippen LogP contribution >= 0.6 is 0 Å². The second-order valence-electron chi connectivity index (χ2n) is 5.89. The smallest absolute Gasteiger partial charge is 0.255 e. The summed E-state index contributed by atoms with van der Waals surface area (Å²) in [6.45, 7) is 1.63. The van der Waals surface area contributed by atoms with E-state index < -0.39 is 11.8 Å². The summed E-state index contributed by atoms with van der Waals surface area (Å²) in [5, 5.41) is 9.04. The summed E-state index contributed by atoms with van der Waals surface area (Å²) in [6, 6.07) is 16.8. The average Bonchev–Trinajstić information content (AvgIpc) is 2.61. The first-order chi connectivity index (χ1) is 11.6. The molecule has 5 nitrogen and oxygen atoms in total. The lowest BCUT2D eigenvalue weighted by Gasteiger charge is -2.16. The second-order valence-corrected chi connectivity index (χ2v) is 5.89. The van der Waals surface area contributed by atoms with E-state index in [0.717, 1.165) is 29.8 Å². The number of nitrogens with zero attached hydrogens (tertiary/aromatic N) is 1. The van der Waals surface area contributed by atoms with Crippen LogP contribution in [-0.4, -0.2) is 43.3 Å².